The molecular weight excluding hydrogens is 140 g/mol. The minimum Gasteiger partial charge on any atom is -0.390 e. The lowest BCUT2D eigenvalue weighted by Crippen LogP contribution is -2.47. The molecule has 2 heteroatoms. The van der Waals surface area contributed by atoms with E-state index < -0.39 is 0 Å². The van der Waals surface area contributed by atoms with Gasteiger partial charge in [-0.25, -0.2) is 0 Å². The van der Waals surface area contributed by atoms with Crippen molar-refractivity contribution in [3.8, 4) is 0 Å². The molecule has 0 radical (unpaired) electrons. The first-order valence-electron chi connectivity index (χ1n) is 4.27. The van der Waals surface area contributed by atoms with Gasteiger partial charge in [0.1, 0.15) is 0 Å². The first-order valence-corrected chi connectivity index (χ1v) is 4.27. The molecule has 11 heavy (non-hydrogen) atoms. The lowest BCUT2D eigenvalue weighted by molar-refractivity contribution is -0.159. The highest BCUT2D eigenvalue weighted by molar-refractivity contribution is 4.88. The molecule has 1 aliphatic heterocycles. The van der Waals surface area contributed by atoms with Gasteiger partial charge in [0, 0.05) is 0 Å². The highest BCUT2D eigenvalue weighted by Gasteiger charge is 2.39. The van der Waals surface area contributed by atoms with Gasteiger partial charge < -0.3 is 9.84 Å². The molecule has 0 aromatic rings. The topological polar surface area (TPSA) is 29.5 Å². The van der Waals surface area contributed by atoms with Gasteiger partial charge in [-0.05, 0) is 25.7 Å². The Balaban J connectivity index is 2.67. The second-order valence-electron chi connectivity index (χ2n) is 4.29. The van der Waals surface area contributed by atoms with Crippen molar-refractivity contribution in [2.45, 2.75) is 52.4 Å². The van der Waals surface area contributed by atoms with Crippen molar-refractivity contribution in [1.29, 1.82) is 0 Å². The first kappa shape index (κ1) is 9.01. The maximum atomic E-state index is 9.70. The Morgan fingerprint density at radius 1 is 1.36 bits per heavy atom. The fourth-order valence-corrected chi connectivity index (χ4v) is 1.99. The Labute approximate surface area is 68.6 Å². The normalized spacial score (nSPS) is 43.9. The average Bonchev–Trinajstić information content (AvgIpc) is 1.81. The number of rotatable bonds is 0. The maximum absolute atomic E-state index is 9.70. The van der Waals surface area contributed by atoms with Gasteiger partial charge in [0.15, 0.2) is 0 Å². The molecule has 1 fully saturated rings. The summed E-state index contributed by atoms with van der Waals surface area (Å²) >= 11 is 0. The van der Waals surface area contributed by atoms with Crippen molar-refractivity contribution in [2.24, 2.45) is 5.41 Å². The molecule has 0 aromatic carbocycles. The van der Waals surface area contributed by atoms with E-state index >= 15 is 0 Å². The van der Waals surface area contributed by atoms with Crippen LogP contribution in [0.4, 0.5) is 0 Å². The van der Waals surface area contributed by atoms with Crippen molar-refractivity contribution in [1.82, 2.24) is 0 Å². The number of aliphatic hydroxyl groups excluding tert-OH is 1. The Morgan fingerprint density at radius 3 is 2.36 bits per heavy atom. The van der Waals surface area contributed by atoms with Gasteiger partial charge in [-0.3, -0.25) is 0 Å². The summed E-state index contributed by atoms with van der Waals surface area (Å²) in [5.74, 6) is 0. The van der Waals surface area contributed by atoms with Crippen LogP contribution in [0.3, 0.4) is 0 Å². The summed E-state index contributed by atoms with van der Waals surface area (Å²) in [4.78, 5) is 0. The van der Waals surface area contributed by atoms with Crippen LogP contribution in [0.15, 0.2) is 0 Å². The zero-order valence-corrected chi connectivity index (χ0v) is 7.79. The molecule has 1 saturated heterocycles. The van der Waals surface area contributed by atoms with Gasteiger partial charge in [0.25, 0.3) is 0 Å². The van der Waals surface area contributed by atoms with E-state index in [1.807, 2.05) is 6.92 Å². The number of ether oxygens (including phenoxy) is 1. The van der Waals surface area contributed by atoms with Crippen LogP contribution in [0.25, 0.3) is 0 Å². The van der Waals surface area contributed by atoms with Crippen LogP contribution >= 0.6 is 0 Å². The SMILES string of the molecule is C[C@@H]1O[C@@H](C)CC(C)(C)[C@H]1O. The van der Waals surface area contributed by atoms with E-state index in [2.05, 4.69) is 20.8 Å². The number of hydrogen-bond acceptors (Lipinski definition) is 2. The smallest absolute Gasteiger partial charge is 0.0850 e. The molecule has 0 spiro atoms. The van der Waals surface area contributed by atoms with E-state index in [4.69, 9.17) is 4.74 Å². The van der Waals surface area contributed by atoms with Crippen LogP contribution in [-0.2, 0) is 4.74 Å². The van der Waals surface area contributed by atoms with Crippen LogP contribution in [0.1, 0.15) is 34.1 Å². The summed E-state index contributed by atoms with van der Waals surface area (Å²) in [6, 6.07) is 0. The monoisotopic (exact) mass is 158 g/mol. The lowest BCUT2D eigenvalue weighted by Gasteiger charge is -2.42. The van der Waals surface area contributed by atoms with Gasteiger partial charge >= 0.3 is 0 Å². The standard InChI is InChI=1S/C9H18O2/c1-6-5-9(3,4)8(10)7(2)11-6/h6-8,10H,5H2,1-4H3/t6-,7-,8-/m0/s1. The van der Waals surface area contributed by atoms with Crippen LogP contribution in [0.5, 0.6) is 0 Å². The molecule has 66 valence electrons. The number of hydrogen-bond donors (Lipinski definition) is 1. The minimum atomic E-state index is -0.321. The highest BCUT2D eigenvalue weighted by Crippen LogP contribution is 2.35. The van der Waals surface area contributed by atoms with Gasteiger partial charge in [-0.1, -0.05) is 13.8 Å². The molecular formula is C9H18O2. The first-order chi connectivity index (χ1) is 4.93. The Bertz CT molecular complexity index is 142. The van der Waals surface area contributed by atoms with Gasteiger partial charge in [0.05, 0.1) is 18.3 Å². The van der Waals surface area contributed by atoms with Gasteiger partial charge in [-0.2, -0.15) is 0 Å². The molecule has 0 saturated carbocycles. The molecule has 0 aromatic heterocycles. The van der Waals surface area contributed by atoms with Gasteiger partial charge in [-0.15, -0.1) is 0 Å². The van der Waals surface area contributed by atoms with Crippen LogP contribution in [0, 0.1) is 5.41 Å². The molecule has 1 aliphatic rings. The fourth-order valence-electron chi connectivity index (χ4n) is 1.99. The third kappa shape index (κ3) is 1.74. The largest absolute Gasteiger partial charge is 0.390 e. The van der Waals surface area contributed by atoms with E-state index in [1.54, 1.807) is 0 Å². The minimum absolute atomic E-state index is 0.0110. The Hall–Kier alpha value is -0.0800. The van der Waals surface area contributed by atoms with Gasteiger partial charge in [0.2, 0.25) is 0 Å². The molecule has 1 N–H and O–H groups in total. The summed E-state index contributed by atoms with van der Waals surface area (Å²) in [6.45, 7) is 8.17. The van der Waals surface area contributed by atoms with Crippen LogP contribution in [0.2, 0.25) is 0 Å². The summed E-state index contributed by atoms with van der Waals surface area (Å²) < 4.78 is 5.48. The van der Waals surface area contributed by atoms with Crippen molar-refractivity contribution < 1.29 is 9.84 Å². The third-order valence-corrected chi connectivity index (χ3v) is 2.51. The van der Waals surface area contributed by atoms with E-state index in [1.165, 1.54) is 0 Å². The van der Waals surface area contributed by atoms with E-state index in [0.717, 1.165) is 6.42 Å². The van der Waals surface area contributed by atoms with E-state index in [-0.39, 0.29) is 23.7 Å². The predicted octanol–water partition coefficient (Wildman–Crippen LogP) is 1.57. The summed E-state index contributed by atoms with van der Waals surface area (Å²) in [5.41, 5.74) is 0.0110. The van der Waals surface area contributed by atoms with Crippen molar-refractivity contribution >= 4 is 0 Å². The molecule has 0 bridgehead atoms. The summed E-state index contributed by atoms with van der Waals surface area (Å²) in [6.07, 6.45) is 0.884. The molecule has 0 aliphatic carbocycles. The van der Waals surface area contributed by atoms with Crippen LogP contribution < -0.4 is 0 Å². The second kappa shape index (κ2) is 2.76. The van der Waals surface area contributed by atoms with Crippen molar-refractivity contribution in [2.75, 3.05) is 0 Å². The molecule has 2 nitrogen and oxygen atoms in total. The zero-order valence-electron chi connectivity index (χ0n) is 7.79. The Morgan fingerprint density at radius 2 is 1.91 bits per heavy atom. The zero-order chi connectivity index (χ0) is 8.65. The maximum Gasteiger partial charge on any atom is 0.0850 e. The third-order valence-electron chi connectivity index (χ3n) is 2.51. The average molecular weight is 158 g/mol. The molecule has 0 amide bonds. The van der Waals surface area contributed by atoms with E-state index in [9.17, 15) is 5.11 Å². The molecule has 1 heterocycles. The molecule has 3 atom stereocenters. The van der Waals surface area contributed by atoms with Crippen molar-refractivity contribution in [3.05, 3.63) is 0 Å². The quantitative estimate of drug-likeness (QED) is 0.580. The van der Waals surface area contributed by atoms with E-state index in [0.29, 0.717) is 0 Å². The summed E-state index contributed by atoms with van der Waals surface area (Å²) in [7, 11) is 0. The van der Waals surface area contributed by atoms with Crippen molar-refractivity contribution in [3.63, 3.8) is 0 Å². The molecule has 0 unspecified atom stereocenters. The van der Waals surface area contributed by atoms with Crippen LogP contribution in [-0.4, -0.2) is 23.4 Å². The highest BCUT2D eigenvalue weighted by atomic mass is 16.5. The number of aliphatic hydroxyl groups is 1. The lowest BCUT2D eigenvalue weighted by atomic mass is 9.77. The fraction of sp³-hybridized carbons (Fsp3) is 1.00. The predicted molar refractivity (Wildman–Crippen MR) is 44.4 cm³/mol. The second-order valence-corrected chi connectivity index (χ2v) is 4.29. The molecule has 1 rings (SSSR count). The Kier molecular flexibility index (Phi) is 2.26. The summed E-state index contributed by atoms with van der Waals surface area (Å²) in [5, 5.41) is 9.70.